The van der Waals surface area contributed by atoms with Gasteiger partial charge >= 0.3 is 5.97 Å². The van der Waals surface area contributed by atoms with Gasteiger partial charge in [0.25, 0.3) is 0 Å². The number of hydrogen-bond donors (Lipinski definition) is 2. The Morgan fingerprint density at radius 1 is 1.35 bits per heavy atom. The minimum absolute atomic E-state index is 0.125. The zero-order valence-electron chi connectivity index (χ0n) is 13.0. The van der Waals surface area contributed by atoms with Crippen LogP contribution in [0.15, 0.2) is 30.3 Å². The molecule has 0 aromatic heterocycles. The topological polar surface area (TPSA) is 79.2 Å². The van der Waals surface area contributed by atoms with Crippen molar-refractivity contribution in [3.05, 3.63) is 35.9 Å². The number of carbonyl (C=O) groups excluding carboxylic acids is 1. The van der Waals surface area contributed by atoms with E-state index in [0.717, 1.165) is 12.8 Å². The molecule has 0 radical (unpaired) electrons. The summed E-state index contributed by atoms with van der Waals surface area (Å²) in [6.45, 7) is -0.722. The maximum absolute atomic E-state index is 12.6. The summed E-state index contributed by atoms with van der Waals surface area (Å²) in [5.41, 5.74) is -1.71. The summed E-state index contributed by atoms with van der Waals surface area (Å²) >= 11 is 0. The van der Waals surface area contributed by atoms with Crippen molar-refractivity contribution in [3.63, 3.8) is 0 Å². The van der Waals surface area contributed by atoms with Crippen LogP contribution in [-0.4, -0.2) is 65.1 Å². The van der Waals surface area contributed by atoms with E-state index in [-0.39, 0.29) is 24.3 Å². The molecule has 4 fully saturated rings. The zero-order chi connectivity index (χ0) is 16.2. The molecule has 23 heavy (non-hydrogen) atoms. The maximum Gasteiger partial charge on any atom is 0.345 e. The van der Waals surface area contributed by atoms with E-state index in [0.29, 0.717) is 5.56 Å². The van der Waals surface area contributed by atoms with Gasteiger partial charge in [0.15, 0.2) is 0 Å². The summed E-state index contributed by atoms with van der Waals surface area (Å²) in [6, 6.07) is 8.80. The van der Waals surface area contributed by atoms with Crippen LogP contribution in [0.5, 0.6) is 0 Å². The third kappa shape index (κ3) is 2.13. The van der Waals surface area contributed by atoms with Crippen LogP contribution in [-0.2, 0) is 19.9 Å². The summed E-state index contributed by atoms with van der Waals surface area (Å²) in [7, 11) is 2.02. The average Bonchev–Trinajstić information content (AvgIpc) is 2.99. The predicted molar refractivity (Wildman–Crippen MR) is 80.5 cm³/mol. The van der Waals surface area contributed by atoms with E-state index in [1.807, 2.05) is 7.05 Å². The molecule has 4 saturated heterocycles. The molecule has 1 aromatic rings. The van der Waals surface area contributed by atoms with Crippen molar-refractivity contribution in [2.24, 2.45) is 0 Å². The van der Waals surface area contributed by atoms with Gasteiger partial charge in [0.05, 0.1) is 18.8 Å². The SMILES string of the molecule is CN1C2CC3CC1C(O3)C2OC(=O)C(O)(CO)c1ccccc1. The summed E-state index contributed by atoms with van der Waals surface area (Å²) in [5.74, 6) is -0.816. The van der Waals surface area contributed by atoms with Gasteiger partial charge in [-0.05, 0) is 25.5 Å². The number of carbonyl (C=O) groups is 1. The third-order valence-corrected chi connectivity index (χ3v) is 5.55. The molecule has 4 aliphatic heterocycles. The lowest BCUT2D eigenvalue weighted by atomic mass is 9.94. The molecule has 4 aliphatic rings. The number of aliphatic hydroxyl groups excluding tert-OH is 1. The van der Waals surface area contributed by atoms with E-state index < -0.39 is 24.3 Å². The van der Waals surface area contributed by atoms with Crippen LogP contribution in [0.2, 0.25) is 0 Å². The molecule has 0 spiro atoms. The van der Waals surface area contributed by atoms with E-state index in [4.69, 9.17) is 9.47 Å². The van der Waals surface area contributed by atoms with Gasteiger partial charge in [-0.25, -0.2) is 4.79 Å². The number of rotatable bonds is 4. The van der Waals surface area contributed by atoms with Crippen LogP contribution in [0.4, 0.5) is 0 Å². The maximum atomic E-state index is 12.6. The van der Waals surface area contributed by atoms with Crippen molar-refractivity contribution >= 4 is 5.97 Å². The molecule has 6 nitrogen and oxygen atoms in total. The van der Waals surface area contributed by atoms with Crippen LogP contribution in [0, 0.1) is 0 Å². The Bertz CT molecular complexity index is 606. The van der Waals surface area contributed by atoms with E-state index in [2.05, 4.69) is 4.90 Å². The molecular weight excluding hydrogens is 298 g/mol. The van der Waals surface area contributed by atoms with Crippen molar-refractivity contribution in [3.8, 4) is 0 Å². The Labute approximate surface area is 134 Å². The second kappa shape index (κ2) is 5.27. The lowest BCUT2D eigenvalue weighted by molar-refractivity contribution is -0.189. The van der Waals surface area contributed by atoms with Gasteiger partial charge in [-0.15, -0.1) is 0 Å². The van der Waals surface area contributed by atoms with E-state index in [9.17, 15) is 15.0 Å². The second-order valence-corrected chi connectivity index (χ2v) is 6.75. The number of aliphatic hydroxyl groups is 2. The molecule has 6 heteroatoms. The Hall–Kier alpha value is -1.47. The van der Waals surface area contributed by atoms with Crippen LogP contribution in [0.1, 0.15) is 18.4 Å². The van der Waals surface area contributed by atoms with E-state index >= 15 is 0 Å². The normalized spacial score (nSPS) is 37.8. The minimum atomic E-state index is -2.04. The summed E-state index contributed by atoms with van der Waals surface area (Å²) in [5, 5.41) is 20.3. The molecule has 6 unspecified atom stereocenters. The Morgan fingerprint density at radius 3 is 2.70 bits per heavy atom. The quantitative estimate of drug-likeness (QED) is 0.762. The number of benzene rings is 1. The molecule has 5 rings (SSSR count). The Balaban J connectivity index is 1.56. The molecule has 2 N–H and O–H groups in total. The van der Waals surface area contributed by atoms with Gasteiger partial charge in [0.1, 0.15) is 12.2 Å². The molecular formula is C17H21NO5. The van der Waals surface area contributed by atoms with Crippen LogP contribution < -0.4 is 0 Å². The fourth-order valence-electron chi connectivity index (χ4n) is 4.24. The highest BCUT2D eigenvalue weighted by molar-refractivity contribution is 5.81. The lowest BCUT2D eigenvalue weighted by Crippen LogP contribution is -2.50. The van der Waals surface area contributed by atoms with Crippen LogP contribution >= 0.6 is 0 Å². The standard InChI is InChI=1S/C17H21NO5/c1-18-12-7-11-8-13(18)15(14(12)22-11)23-16(20)17(21,9-19)10-5-3-2-4-6-10/h2-6,11-15,19,21H,7-9H2,1H3. The summed E-state index contributed by atoms with van der Waals surface area (Å²) < 4.78 is 11.6. The largest absolute Gasteiger partial charge is 0.455 e. The van der Waals surface area contributed by atoms with Crippen molar-refractivity contribution in [1.82, 2.24) is 4.90 Å². The van der Waals surface area contributed by atoms with Crippen LogP contribution in [0.3, 0.4) is 0 Å². The first-order valence-electron chi connectivity index (χ1n) is 8.02. The van der Waals surface area contributed by atoms with Crippen LogP contribution in [0.25, 0.3) is 0 Å². The zero-order valence-corrected chi connectivity index (χ0v) is 13.0. The number of nitrogens with zero attached hydrogens (tertiary/aromatic N) is 1. The van der Waals surface area contributed by atoms with Gasteiger partial charge in [-0.1, -0.05) is 30.3 Å². The number of esters is 1. The average molecular weight is 319 g/mol. The first-order chi connectivity index (χ1) is 11.0. The molecule has 0 saturated carbocycles. The van der Waals surface area contributed by atoms with Crippen molar-refractivity contribution in [1.29, 1.82) is 0 Å². The molecule has 4 bridgehead atoms. The number of piperidine rings is 1. The predicted octanol–water partition coefficient (Wildman–Crippen LogP) is 0.0221. The first kappa shape index (κ1) is 15.1. The monoisotopic (exact) mass is 319 g/mol. The number of ether oxygens (including phenoxy) is 2. The minimum Gasteiger partial charge on any atom is -0.455 e. The van der Waals surface area contributed by atoms with Gasteiger partial charge in [0.2, 0.25) is 5.60 Å². The first-order valence-corrected chi connectivity index (χ1v) is 8.02. The molecule has 0 amide bonds. The lowest BCUT2D eigenvalue weighted by Gasteiger charge is -2.36. The van der Waals surface area contributed by atoms with Crippen molar-refractivity contribution < 1.29 is 24.5 Å². The van der Waals surface area contributed by atoms with Gasteiger partial charge in [-0.3, -0.25) is 4.90 Å². The van der Waals surface area contributed by atoms with E-state index in [1.54, 1.807) is 30.3 Å². The second-order valence-electron chi connectivity index (χ2n) is 6.75. The fourth-order valence-corrected chi connectivity index (χ4v) is 4.24. The number of likely N-dealkylation sites (N-methyl/N-ethyl adjacent to an activating group) is 1. The summed E-state index contributed by atoms with van der Waals surface area (Å²) in [6.07, 6.45) is 1.54. The highest BCUT2D eigenvalue weighted by atomic mass is 16.6. The van der Waals surface area contributed by atoms with Gasteiger partial charge in [0, 0.05) is 6.04 Å². The molecule has 0 aliphatic carbocycles. The molecule has 1 aromatic carbocycles. The third-order valence-electron chi connectivity index (χ3n) is 5.55. The van der Waals surface area contributed by atoms with Gasteiger partial charge in [-0.2, -0.15) is 0 Å². The highest BCUT2D eigenvalue weighted by Crippen LogP contribution is 2.46. The molecule has 4 heterocycles. The Kier molecular flexibility index (Phi) is 3.46. The smallest absolute Gasteiger partial charge is 0.345 e. The summed E-state index contributed by atoms with van der Waals surface area (Å²) in [4.78, 5) is 14.8. The van der Waals surface area contributed by atoms with Crippen molar-refractivity contribution in [2.45, 2.75) is 48.8 Å². The van der Waals surface area contributed by atoms with Gasteiger partial charge < -0.3 is 19.7 Å². The highest BCUT2D eigenvalue weighted by Gasteiger charge is 2.60. The fraction of sp³-hybridized carbons (Fsp3) is 0.588. The Morgan fingerprint density at radius 2 is 2.04 bits per heavy atom. The molecule has 124 valence electrons. The van der Waals surface area contributed by atoms with Crippen molar-refractivity contribution in [2.75, 3.05) is 13.7 Å². The van der Waals surface area contributed by atoms with E-state index in [1.165, 1.54) is 0 Å². The molecule has 6 atom stereocenters. The number of hydrogen-bond acceptors (Lipinski definition) is 6.